The first kappa shape index (κ1) is 21.7. The minimum atomic E-state index is -1.12. The molecular formula is C20H22N2O7. The molecule has 0 saturated carbocycles. The number of anilines is 1. The van der Waals surface area contributed by atoms with Gasteiger partial charge in [-0.3, -0.25) is 19.7 Å². The lowest BCUT2D eigenvalue weighted by atomic mass is 10.1. The van der Waals surface area contributed by atoms with Gasteiger partial charge in [0.1, 0.15) is 17.2 Å². The van der Waals surface area contributed by atoms with Gasteiger partial charge in [-0.1, -0.05) is 18.2 Å². The molecule has 2 aromatic carbocycles. The molecule has 1 atom stereocenters. The highest BCUT2D eigenvalue weighted by Gasteiger charge is 2.22. The van der Waals surface area contributed by atoms with Crippen LogP contribution in [0.5, 0.6) is 11.5 Å². The third-order valence-corrected chi connectivity index (χ3v) is 4.13. The fraction of sp³-hybridized carbons (Fsp3) is 0.300. The molecule has 0 fully saturated rings. The average Bonchev–Trinajstić information content (AvgIpc) is 2.72. The number of carbonyl (C=O) groups is 2. The maximum atomic E-state index is 12.3. The molecule has 0 radical (unpaired) electrons. The molecule has 1 amide bonds. The van der Waals surface area contributed by atoms with Gasteiger partial charge in [0.05, 0.1) is 25.2 Å². The summed E-state index contributed by atoms with van der Waals surface area (Å²) in [6.07, 6.45) is -0.677. The lowest BCUT2D eigenvalue weighted by Gasteiger charge is -2.14. The number of methoxy groups -OCH3 is 2. The summed E-state index contributed by atoms with van der Waals surface area (Å²) in [4.78, 5) is 34.9. The van der Waals surface area contributed by atoms with E-state index in [0.717, 1.165) is 5.56 Å². The van der Waals surface area contributed by atoms with Crippen molar-refractivity contribution in [1.82, 2.24) is 0 Å². The van der Waals surface area contributed by atoms with Crippen LogP contribution < -0.4 is 14.8 Å². The van der Waals surface area contributed by atoms with Crippen molar-refractivity contribution in [3.05, 3.63) is 58.1 Å². The van der Waals surface area contributed by atoms with E-state index < -0.39 is 22.9 Å². The van der Waals surface area contributed by atoms with Gasteiger partial charge in [-0.15, -0.1) is 0 Å². The summed E-state index contributed by atoms with van der Waals surface area (Å²) in [5.74, 6) is -0.296. The topological polar surface area (TPSA) is 117 Å². The lowest BCUT2D eigenvalue weighted by Crippen LogP contribution is -2.30. The number of carbonyl (C=O) groups excluding carboxylic acids is 2. The number of nitro benzene ring substituents is 1. The Kier molecular flexibility index (Phi) is 7.53. The molecule has 0 aromatic heterocycles. The van der Waals surface area contributed by atoms with Gasteiger partial charge in [-0.25, -0.2) is 0 Å². The Bertz CT molecular complexity index is 898. The lowest BCUT2D eigenvalue weighted by molar-refractivity contribution is -0.384. The normalized spacial score (nSPS) is 11.3. The Morgan fingerprint density at radius 1 is 1.14 bits per heavy atom. The van der Waals surface area contributed by atoms with Crippen molar-refractivity contribution in [3.63, 3.8) is 0 Å². The van der Waals surface area contributed by atoms with Crippen LogP contribution in [0.15, 0.2) is 42.5 Å². The van der Waals surface area contributed by atoms with Crippen LogP contribution in [0, 0.1) is 10.1 Å². The molecule has 2 rings (SSSR count). The first-order valence-electron chi connectivity index (χ1n) is 8.80. The maximum absolute atomic E-state index is 12.3. The maximum Gasteiger partial charge on any atom is 0.306 e. The zero-order valence-electron chi connectivity index (χ0n) is 16.3. The second-order valence-corrected chi connectivity index (χ2v) is 6.07. The molecule has 0 aliphatic rings. The zero-order chi connectivity index (χ0) is 21.4. The summed E-state index contributed by atoms with van der Waals surface area (Å²) in [7, 11) is 2.92. The van der Waals surface area contributed by atoms with E-state index >= 15 is 0 Å². The highest BCUT2D eigenvalue weighted by atomic mass is 16.6. The zero-order valence-corrected chi connectivity index (χ0v) is 16.3. The van der Waals surface area contributed by atoms with E-state index in [0.29, 0.717) is 12.2 Å². The molecule has 0 spiro atoms. The minimum absolute atomic E-state index is 0.0160. The Morgan fingerprint density at radius 3 is 2.52 bits per heavy atom. The Hall–Kier alpha value is -3.62. The molecule has 1 N–H and O–H groups in total. The predicted molar refractivity (Wildman–Crippen MR) is 105 cm³/mol. The Labute approximate surface area is 167 Å². The van der Waals surface area contributed by atoms with Gasteiger partial charge in [0.25, 0.3) is 11.6 Å². The molecule has 9 nitrogen and oxygen atoms in total. The molecule has 9 heteroatoms. The molecule has 0 saturated heterocycles. The number of aryl methyl sites for hydroxylation is 1. The molecule has 0 bridgehead atoms. The van der Waals surface area contributed by atoms with E-state index in [1.807, 2.05) is 18.2 Å². The van der Waals surface area contributed by atoms with Crippen LogP contribution in [0.4, 0.5) is 11.4 Å². The number of nitrogens with zero attached hydrogens (tertiary/aromatic N) is 1. The second kappa shape index (κ2) is 10.1. The van der Waals surface area contributed by atoms with Crippen molar-refractivity contribution in [2.24, 2.45) is 0 Å². The van der Waals surface area contributed by atoms with E-state index in [2.05, 4.69) is 5.32 Å². The SMILES string of the molecule is COc1ccc(NC(=O)C(C)OC(=O)CCc2ccccc2OC)c([N+](=O)[O-])c1. The van der Waals surface area contributed by atoms with E-state index in [1.165, 1.54) is 32.2 Å². The van der Waals surface area contributed by atoms with Crippen LogP contribution in [0.3, 0.4) is 0 Å². The fourth-order valence-electron chi connectivity index (χ4n) is 2.59. The summed E-state index contributed by atoms with van der Waals surface area (Å²) in [6, 6.07) is 11.3. The van der Waals surface area contributed by atoms with Gasteiger partial charge >= 0.3 is 5.97 Å². The number of nitro groups is 1. The van der Waals surface area contributed by atoms with Gasteiger partial charge in [0.15, 0.2) is 6.10 Å². The van der Waals surface area contributed by atoms with Gasteiger partial charge in [-0.2, -0.15) is 0 Å². The van der Waals surface area contributed by atoms with Crippen LogP contribution in [-0.4, -0.2) is 37.1 Å². The number of ether oxygens (including phenoxy) is 3. The minimum Gasteiger partial charge on any atom is -0.496 e. The van der Waals surface area contributed by atoms with Crippen molar-refractivity contribution >= 4 is 23.3 Å². The number of benzene rings is 2. The van der Waals surface area contributed by atoms with Gasteiger partial charge in [0.2, 0.25) is 0 Å². The summed E-state index contributed by atoms with van der Waals surface area (Å²) >= 11 is 0. The van der Waals surface area contributed by atoms with Crippen LogP contribution in [0.1, 0.15) is 18.9 Å². The molecule has 0 aliphatic heterocycles. The third kappa shape index (κ3) is 5.93. The van der Waals surface area contributed by atoms with Crippen molar-refractivity contribution in [2.45, 2.75) is 25.9 Å². The molecule has 1 unspecified atom stereocenters. The molecule has 0 aliphatic carbocycles. The summed E-state index contributed by atoms with van der Waals surface area (Å²) < 4.78 is 15.3. The molecule has 29 heavy (non-hydrogen) atoms. The smallest absolute Gasteiger partial charge is 0.306 e. The van der Waals surface area contributed by atoms with Crippen molar-refractivity contribution in [1.29, 1.82) is 0 Å². The number of nitrogens with one attached hydrogen (secondary N) is 1. The summed E-state index contributed by atoms with van der Waals surface area (Å²) in [6.45, 7) is 1.39. The van der Waals surface area contributed by atoms with Gasteiger partial charge in [0, 0.05) is 6.42 Å². The standard InChI is InChI=1S/C20H22N2O7/c1-13(29-19(23)11-8-14-6-4-5-7-18(14)28-3)20(24)21-16-10-9-15(27-2)12-17(16)22(25)26/h4-7,9-10,12-13H,8,11H2,1-3H3,(H,21,24). The first-order chi connectivity index (χ1) is 13.8. The molecule has 154 valence electrons. The second-order valence-electron chi connectivity index (χ2n) is 6.07. The number of amides is 1. The Balaban J connectivity index is 1.95. The number of hydrogen-bond donors (Lipinski definition) is 1. The van der Waals surface area contributed by atoms with Crippen LogP contribution in [-0.2, 0) is 20.7 Å². The van der Waals surface area contributed by atoms with E-state index in [9.17, 15) is 19.7 Å². The molecule has 2 aromatic rings. The van der Waals surface area contributed by atoms with Crippen LogP contribution in [0.25, 0.3) is 0 Å². The number of esters is 1. The Morgan fingerprint density at radius 2 is 1.86 bits per heavy atom. The molecular weight excluding hydrogens is 380 g/mol. The van der Waals surface area contributed by atoms with Gasteiger partial charge in [-0.05, 0) is 37.1 Å². The summed E-state index contributed by atoms with van der Waals surface area (Å²) in [5.41, 5.74) is 0.503. The third-order valence-electron chi connectivity index (χ3n) is 4.13. The first-order valence-corrected chi connectivity index (χ1v) is 8.80. The van der Waals surface area contributed by atoms with Crippen molar-refractivity contribution in [2.75, 3.05) is 19.5 Å². The quantitative estimate of drug-likeness (QED) is 0.389. The highest BCUT2D eigenvalue weighted by Crippen LogP contribution is 2.29. The molecule has 0 heterocycles. The van der Waals surface area contributed by atoms with Crippen molar-refractivity contribution < 1.29 is 28.7 Å². The monoisotopic (exact) mass is 402 g/mol. The fourth-order valence-corrected chi connectivity index (χ4v) is 2.59. The predicted octanol–water partition coefficient (Wildman–Crippen LogP) is 3.12. The summed E-state index contributed by atoms with van der Waals surface area (Å²) in [5, 5.41) is 13.6. The van der Waals surface area contributed by atoms with E-state index in [1.54, 1.807) is 13.2 Å². The number of rotatable bonds is 9. The van der Waals surface area contributed by atoms with Crippen LogP contribution in [0.2, 0.25) is 0 Å². The number of hydrogen-bond acceptors (Lipinski definition) is 7. The van der Waals surface area contributed by atoms with E-state index in [-0.39, 0.29) is 23.5 Å². The van der Waals surface area contributed by atoms with Gasteiger partial charge < -0.3 is 19.5 Å². The number of para-hydroxylation sites is 1. The van der Waals surface area contributed by atoms with Crippen molar-refractivity contribution in [3.8, 4) is 11.5 Å². The van der Waals surface area contributed by atoms with E-state index in [4.69, 9.17) is 14.2 Å². The largest absolute Gasteiger partial charge is 0.496 e. The highest BCUT2D eigenvalue weighted by molar-refractivity contribution is 5.97. The average molecular weight is 402 g/mol. The van der Waals surface area contributed by atoms with Crippen LogP contribution >= 0.6 is 0 Å².